The fourth-order valence-corrected chi connectivity index (χ4v) is 3.34. The number of hydrogen-bond acceptors (Lipinski definition) is 4. The van der Waals surface area contributed by atoms with E-state index in [1.807, 2.05) is 0 Å². The molecule has 2 saturated heterocycles. The zero-order valence-electron chi connectivity index (χ0n) is 13.8. The molecule has 2 aliphatic rings. The molecule has 5 nitrogen and oxygen atoms in total. The summed E-state index contributed by atoms with van der Waals surface area (Å²) in [7, 11) is 0. The number of nitrogens with one attached hydrogen (secondary N) is 2. The lowest BCUT2D eigenvalue weighted by atomic mass is 10.2. The molecule has 0 aliphatic carbocycles. The van der Waals surface area contributed by atoms with E-state index in [0.717, 1.165) is 45.8 Å². The normalized spacial score (nSPS) is 22.1. The van der Waals surface area contributed by atoms with Gasteiger partial charge in [0.05, 0.1) is 5.69 Å². The number of amides is 1. The number of piperazine rings is 1. The molecule has 0 aromatic heterocycles. The standard InChI is InChI=1S/C17H25FN4O.ClH/c18-15-3-1-2-4-16(15)20-17(23)6-8-21-9-11-22(12-10-21)14-5-7-19-13-14;/h1-4,14,19H,5-13H2,(H,20,23);1H. The number of carbonyl (C=O) groups is 1. The van der Waals surface area contributed by atoms with Crippen LogP contribution in [0.3, 0.4) is 0 Å². The van der Waals surface area contributed by atoms with Gasteiger partial charge in [0.25, 0.3) is 0 Å². The lowest BCUT2D eigenvalue weighted by Crippen LogP contribution is -2.51. The minimum atomic E-state index is -0.389. The molecule has 134 valence electrons. The van der Waals surface area contributed by atoms with Gasteiger partial charge in [-0.1, -0.05) is 12.1 Å². The molecule has 0 radical (unpaired) electrons. The van der Waals surface area contributed by atoms with Gasteiger partial charge in [0.2, 0.25) is 5.91 Å². The van der Waals surface area contributed by atoms with Gasteiger partial charge in [-0.3, -0.25) is 9.69 Å². The lowest BCUT2D eigenvalue weighted by Gasteiger charge is -2.37. The van der Waals surface area contributed by atoms with Gasteiger partial charge in [-0.15, -0.1) is 12.4 Å². The van der Waals surface area contributed by atoms with Crippen molar-refractivity contribution in [2.75, 3.05) is 51.1 Å². The van der Waals surface area contributed by atoms with Gasteiger partial charge in [0, 0.05) is 51.7 Å². The van der Waals surface area contributed by atoms with E-state index in [1.54, 1.807) is 18.2 Å². The van der Waals surface area contributed by atoms with Crippen LogP contribution in [0.15, 0.2) is 24.3 Å². The number of carbonyl (C=O) groups excluding carboxylic acids is 1. The highest BCUT2D eigenvalue weighted by Crippen LogP contribution is 2.14. The van der Waals surface area contributed by atoms with E-state index in [2.05, 4.69) is 20.4 Å². The first-order valence-electron chi connectivity index (χ1n) is 8.44. The first-order chi connectivity index (χ1) is 11.2. The van der Waals surface area contributed by atoms with E-state index < -0.39 is 0 Å². The van der Waals surface area contributed by atoms with Crippen molar-refractivity contribution in [3.63, 3.8) is 0 Å². The van der Waals surface area contributed by atoms with E-state index in [-0.39, 0.29) is 29.8 Å². The van der Waals surface area contributed by atoms with Crippen molar-refractivity contribution < 1.29 is 9.18 Å². The molecule has 2 heterocycles. The topological polar surface area (TPSA) is 47.6 Å². The quantitative estimate of drug-likeness (QED) is 0.840. The van der Waals surface area contributed by atoms with Crippen LogP contribution in [0.25, 0.3) is 0 Å². The second-order valence-electron chi connectivity index (χ2n) is 6.30. The van der Waals surface area contributed by atoms with Crippen LogP contribution in [0, 0.1) is 5.82 Å². The number of nitrogens with zero attached hydrogens (tertiary/aromatic N) is 2. The number of hydrogen-bond donors (Lipinski definition) is 2. The molecule has 1 amide bonds. The molecule has 7 heteroatoms. The van der Waals surface area contributed by atoms with Crippen LogP contribution in [0.2, 0.25) is 0 Å². The molecule has 0 spiro atoms. The third-order valence-corrected chi connectivity index (χ3v) is 4.76. The third-order valence-electron chi connectivity index (χ3n) is 4.76. The molecular weight excluding hydrogens is 331 g/mol. The minimum absolute atomic E-state index is 0. The van der Waals surface area contributed by atoms with Gasteiger partial charge >= 0.3 is 0 Å². The molecule has 0 saturated carbocycles. The zero-order chi connectivity index (χ0) is 16.1. The maximum absolute atomic E-state index is 13.5. The van der Waals surface area contributed by atoms with Crippen LogP contribution >= 0.6 is 12.4 Å². The minimum Gasteiger partial charge on any atom is -0.324 e. The van der Waals surface area contributed by atoms with Crippen LogP contribution in [-0.2, 0) is 4.79 Å². The number of anilines is 1. The van der Waals surface area contributed by atoms with E-state index in [4.69, 9.17) is 0 Å². The Morgan fingerprint density at radius 3 is 2.67 bits per heavy atom. The molecule has 1 aromatic rings. The Morgan fingerprint density at radius 1 is 1.25 bits per heavy atom. The largest absolute Gasteiger partial charge is 0.324 e. The summed E-state index contributed by atoms with van der Waals surface area (Å²) in [4.78, 5) is 16.8. The Kier molecular flexibility index (Phi) is 7.42. The van der Waals surface area contributed by atoms with Crippen molar-refractivity contribution >= 4 is 24.0 Å². The number of rotatable bonds is 5. The molecule has 1 unspecified atom stereocenters. The SMILES string of the molecule is Cl.O=C(CCN1CCN(C2CCNC2)CC1)Nc1ccccc1F. The van der Waals surface area contributed by atoms with E-state index in [1.165, 1.54) is 12.5 Å². The second-order valence-corrected chi connectivity index (χ2v) is 6.30. The summed E-state index contributed by atoms with van der Waals surface area (Å²) in [6, 6.07) is 6.95. The van der Waals surface area contributed by atoms with Crippen molar-refractivity contribution in [3.8, 4) is 0 Å². The average Bonchev–Trinajstić information content (AvgIpc) is 3.10. The fourth-order valence-electron chi connectivity index (χ4n) is 3.34. The van der Waals surface area contributed by atoms with Crippen LogP contribution in [0.4, 0.5) is 10.1 Å². The number of benzene rings is 1. The van der Waals surface area contributed by atoms with Crippen molar-refractivity contribution in [2.45, 2.75) is 18.9 Å². The zero-order valence-corrected chi connectivity index (χ0v) is 14.7. The number of para-hydroxylation sites is 1. The molecule has 2 aliphatic heterocycles. The molecule has 2 fully saturated rings. The van der Waals surface area contributed by atoms with Gasteiger partial charge in [0.1, 0.15) is 5.82 Å². The van der Waals surface area contributed by atoms with Gasteiger partial charge in [0.15, 0.2) is 0 Å². The molecule has 3 rings (SSSR count). The number of halogens is 2. The summed E-state index contributed by atoms with van der Waals surface area (Å²) in [6.07, 6.45) is 1.64. The summed E-state index contributed by atoms with van der Waals surface area (Å²) in [5.41, 5.74) is 0.260. The summed E-state index contributed by atoms with van der Waals surface area (Å²) >= 11 is 0. The van der Waals surface area contributed by atoms with Crippen molar-refractivity contribution in [2.24, 2.45) is 0 Å². The van der Waals surface area contributed by atoms with Crippen LogP contribution < -0.4 is 10.6 Å². The van der Waals surface area contributed by atoms with Gasteiger partial charge in [-0.25, -0.2) is 4.39 Å². The molecular formula is C17H26ClFN4O. The summed E-state index contributed by atoms with van der Waals surface area (Å²) in [5.74, 6) is -0.517. The lowest BCUT2D eigenvalue weighted by molar-refractivity contribution is -0.116. The summed E-state index contributed by atoms with van der Waals surface area (Å²) < 4.78 is 13.5. The van der Waals surface area contributed by atoms with E-state index in [0.29, 0.717) is 12.5 Å². The van der Waals surface area contributed by atoms with Crippen molar-refractivity contribution in [1.82, 2.24) is 15.1 Å². The Labute approximate surface area is 149 Å². The van der Waals surface area contributed by atoms with Crippen LogP contribution in [0.1, 0.15) is 12.8 Å². The van der Waals surface area contributed by atoms with Crippen LogP contribution in [-0.4, -0.2) is 67.6 Å². The molecule has 1 atom stereocenters. The van der Waals surface area contributed by atoms with Gasteiger partial charge in [-0.05, 0) is 25.1 Å². The molecule has 0 bridgehead atoms. The highest BCUT2D eigenvalue weighted by molar-refractivity contribution is 5.90. The third kappa shape index (κ3) is 5.14. The predicted octanol–water partition coefficient (Wildman–Crippen LogP) is 1.56. The Balaban J connectivity index is 0.00000208. The maximum Gasteiger partial charge on any atom is 0.225 e. The van der Waals surface area contributed by atoms with E-state index >= 15 is 0 Å². The van der Waals surface area contributed by atoms with E-state index in [9.17, 15) is 9.18 Å². The first kappa shape index (κ1) is 19.1. The van der Waals surface area contributed by atoms with Gasteiger partial charge < -0.3 is 15.5 Å². The maximum atomic E-state index is 13.5. The van der Waals surface area contributed by atoms with Gasteiger partial charge in [-0.2, -0.15) is 0 Å². The van der Waals surface area contributed by atoms with Crippen molar-refractivity contribution in [3.05, 3.63) is 30.1 Å². The Hall–Kier alpha value is -1.21. The fraction of sp³-hybridized carbons (Fsp3) is 0.588. The predicted molar refractivity (Wildman–Crippen MR) is 96.2 cm³/mol. The summed E-state index contributed by atoms with van der Waals surface area (Å²) in [5, 5.41) is 6.05. The smallest absolute Gasteiger partial charge is 0.225 e. The Bertz CT molecular complexity index is 531. The second kappa shape index (κ2) is 9.32. The van der Waals surface area contributed by atoms with Crippen molar-refractivity contribution in [1.29, 1.82) is 0 Å². The van der Waals surface area contributed by atoms with Crippen LogP contribution in [0.5, 0.6) is 0 Å². The first-order valence-corrected chi connectivity index (χ1v) is 8.44. The highest BCUT2D eigenvalue weighted by atomic mass is 35.5. The average molecular weight is 357 g/mol. The Morgan fingerprint density at radius 2 is 2.00 bits per heavy atom. The summed E-state index contributed by atoms with van der Waals surface area (Å²) in [6.45, 7) is 7.11. The molecule has 24 heavy (non-hydrogen) atoms. The molecule has 1 aromatic carbocycles. The molecule has 2 N–H and O–H groups in total. The highest BCUT2D eigenvalue weighted by Gasteiger charge is 2.25. The monoisotopic (exact) mass is 356 g/mol.